The van der Waals surface area contributed by atoms with E-state index in [0.717, 1.165) is 0 Å². The number of hydrogen-bond donors (Lipinski definition) is 1. The van der Waals surface area contributed by atoms with E-state index in [2.05, 4.69) is 9.97 Å². The van der Waals surface area contributed by atoms with Gasteiger partial charge in [0.2, 0.25) is 5.78 Å². The average molecular weight is 409 g/mol. The minimum atomic E-state index is -0.915. The molecular weight excluding hydrogens is 393 g/mol. The molecule has 0 radical (unpaired) electrons. The molecule has 3 aromatic rings. The first-order valence-electron chi connectivity index (χ1n) is 8.79. The largest absolute Gasteiger partial charge is 0.503 e. The number of amides is 1. The van der Waals surface area contributed by atoms with Crippen molar-refractivity contribution in [1.29, 1.82) is 0 Å². The fraction of sp³-hybridized carbons (Fsp3) is 0.143. The number of aliphatic hydroxyl groups is 1. The zero-order chi connectivity index (χ0) is 20.7. The van der Waals surface area contributed by atoms with Crippen LogP contribution in [-0.2, 0) is 4.79 Å². The summed E-state index contributed by atoms with van der Waals surface area (Å²) in [5.74, 6) is -2.41. The van der Waals surface area contributed by atoms with Gasteiger partial charge < -0.3 is 5.11 Å². The van der Waals surface area contributed by atoms with Crippen molar-refractivity contribution < 1.29 is 19.1 Å². The van der Waals surface area contributed by atoms with Crippen LogP contribution in [0.3, 0.4) is 0 Å². The van der Waals surface area contributed by atoms with Crippen LogP contribution in [0.1, 0.15) is 32.0 Å². The van der Waals surface area contributed by atoms with Crippen molar-refractivity contribution in [3.05, 3.63) is 87.1 Å². The van der Waals surface area contributed by atoms with Gasteiger partial charge in [0.05, 0.1) is 27.2 Å². The van der Waals surface area contributed by atoms with Crippen molar-refractivity contribution in [3.63, 3.8) is 0 Å². The van der Waals surface area contributed by atoms with Gasteiger partial charge in [-0.15, -0.1) is 11.3 Å². The van der Waals surface area contributed by atoms with Crippen LogP contribution in [0, 0.1) is 19.7 Å². The van der Waals surface area contributed by atoms with Crippen LogP contribution in [0.5, 0.6) is 0 Å². The highest BCUT2D eigenvalue weighted by molar-refractivity contribution is 7.14. The molecule has 4 rings (SSSR count). The summed E-state index contributed by atoms with van der Waals surface area (Å²) < 4.78 is 13.9. The van der Waals surface area contributed by atoms with Crippen LogP contribution in [0.25, 0.3) is 0 Å². The molecule has 1 atom stereocenters. The number of benzene rings is 1. The number of ketones is 1. The highest BCUT2D eigenvalue weighted by Crippen LogP contribution is 2.42. The maximum atomic E-state index is 13.9. The molecule has 6 nitrogen and oxygen atoms in total. The first kappa shape index (κ1) is 18.9. The number of aryl methyl sites for hydroxylation is 2. The molecule has 1 amide bonds. The molecule has 3 heterocycles. The predicted octanol–water partition coefficient (Wildman–Crippen LogP) is 4.08. The molecular formula is C21H16FN3O3S. The van der Waals surface area contributed by atoms with Crippen molar-refractivity contribution in [2.75, 3.05) is 4.90 Å². The number of thiazole rings is 1. The molecule has 146 valence electrons. The van der Waals surface area contributed by atoms with Gasteiger partial charge in [0.25, 0.3) is 5.91 Å². The van der Waals surface area contributed by atoms with Crippen LogP contribution in [0.4, 0.5) is 10.1 Å². The molecule has 0 fully saturated rings. The van der Waals surface area contributed by atoms with Crippen molar-refractivity contribution >= 4 is 28.7 Å². The smallest absolute Gasteiger partial charge is 0.294 e. The van der Waals surface area contributed by atoms with Crippen LogP contribution < -0.4 is 4.90 Å². The van der Waals surface area contributed by atoms with E-state index >= 15 is 0 Å². The third kappa shape index (κ3) is 3.21. The predicted molar refractivity (Wildman–Crippen MR) is 106 cm³/mol. The summed E-state index contributed by atoms with van der Waals surface area (Å²) in [5, 5.41) is 11.4. The Bertz CT molecular complexity index is 1160. The molecule has 2 aromatic heterocycles. The molecule has 0 saturated carbocycles. The third-order valence-electron chi connectivity index (χ3n) is 4.67. The van der Waals surface area contributed by atoms with E-state index in [-0.39, 0.29) is 11.3 Å². The van der Waals surface area contributed by atoms with Crippen LogP contribution in [-0.4, -0.2) is 26.8 Å². The molecule has 0 bridgehead atoms. The molecule has 1 aliphatic rings. The van der Waals surface area contributed by atoms with Gasteiger partial charge in [0, 0.05) is 18.1 Å². The first-order chi connectivity index (χ1) is 13.9. The van der Waals surface area contributed by atoms with Gasteiger partial charge >= 0.3 is 0 Å². The van der Waals surface area contributed by atoms with Gasteiger partial charge in [0.1, 0.15) is 5.82 Å². The first-order valence-corrected chi connectivity index (χ1v) is 9.61. The molecule has 1 N–H and O–H groups in total. The van der Waals surface area contributed by atoms with Crippen molar-refractivity contribution in [1.82, 2.24) is 9.97 Å². The topological polar surface area (TPSA) is 83.4 Å². The van der Waals surface area contributed by atoms with Crippen molar-refractivity contribution in [2.24, 2.45) is 0 Å². The number of rotatable bonds is 4. The van der Waals surface area contributed by atoms with Crippen LogP contribution in [0.15, 0.2) is 60.1 Å². The Kier molecular flexibility index (Phi) is 4.71. The lowest BCUT2D eigenvalue weighted by Crippen LogP contribution is -2.31. The van der Waals surface area contributed by atoms with E-state index < -0.39 is 29.3 Å². The number of halogens is 1. The zero-order valence-electron chi connectivity index (χ0n) is 15.6. The molecule has 1 aliphatic heterocycles. The Morgan fingerprint density at radius 3 is 2.55 bits per heavy atom. The molecule has 29 heavy (non-hydrogen) atoms. The second-order valence-corrected chi connectivity index (χ2v) is 7.78. The molecule has 0 aliphatic carbocycles. The number of pyridine rings is 1. The lowest BCUT2D eigenvalue weighted by molar-refractivity contribution is -0.117. The fourth-order valence-corrected chi connectivity index (χ4v) is 4.33. The van der Waals surface area contributed by atoms with Gasteiger partial charge in [-0.2, -0.15) is 0 Å². The molecule has 8 heteroatoms. The summed E-state index contributed by atoms with van der Waals surface area (Å²) in [5.41, 5.74) is 1.28. The Balaban J connectivity index is 1.90. The van der Waals surface area contributed by atoms with Crippen LogP contribution >= 0.6 is 11.3 Å². The average Bonchev–Trinajstić information content (AvgIpc) is 3.18. The molecule has 0 spiro atoms. The number of Topliss-reactive ketones (excluding diaryl/α,β-unsaturated/α-hetero) is 1. The van der Waals surface area contributed by atoms with Crippen LogP contribution in [0.2, 0.25) is 0 Å². The van der Waals surface area contributed by atoms with Crippen molar-refractivity contribution in [2.45, 2.75) is 19.9 Å². The number of nitrogens with zero attached hydrogens (tertiary/aromatic N) is 3. The lowest BCUT2D eigenvalue weighted by Gasteiger charge is -2.26. The van der Waals surface area contributed by atoms with Gasteiger partial charge in [0.15, 0.2) is 5.76 Å². The monoisotopic (exact) mass is 409 g/mol. The number of carbonyl (C=O) groups is 2. The number of aliphatic hydroxyl groups excluding tert-OH is 1. The van der Waals surface area contributed by atoms with Crippen molar-refractivity contribution in [3.8, 4) is 0 Å². The van der Waals surface area contributed by atoms with E-state index in [1.165, 1.54) is 46.8 Å². The summed E-state index contributed by atoms with van der Waals surface area (Å²) in [4.78, 5) is 36.1. The summed E-state index contributed by atoms with van der Waals surface area (Å²) in [6, 6.07) is 7.86. The van der Waals surface area contributed by atoms with E-state index in [4.69, 9.17) is 0 Å². The molecule has 1 unspecified atom stereocenters. The van der Waals surface area contributed by atoms with E-state index in [1.54, 1.807) is 32.0 Å². The number of aromatic nitrogens is 2. The standard InChI is InChI=1S/C21H16FN3O3S/c1-11-20(29-12(2)24-11)18(26)16-17(13-6-8-23-9-7-13)25(21(28)19(16)27)15-5-3-4-14(22)10-15/h3-10,17,27H,1-2H3. The molecule has 1 aromatic carbocycles. The maximum absolute atomic E-state index is 13.9. The van der Waals surface area contributed by atoms with E-state index in [9.17, 15) is 19.1 Å². The second kappa shape index (κ2) is 7.21. The summed E-state index contributed by atoms with van der Waals surface area (Å²) >= 11 is 1.20. The summed E-state index contributed by atoms with van der Waals surface area (Å²) in [6.07, 6.45) is 3.06. The van der Waals surface area contributed by atoms with E-state index in [0.29, 0.717) is 21.1 Å². The zero-order valence-corrected chi connectivity index (χ0v) is 16.4. The Hall–Kier alpha value is -3.39. The fourth-order valence-electron chi connectivity index (χ4n) is 3.45. The number of carbonyl (C=O) groups excluding carboxylic acids is 2. The maximum Gasteiger partial charge on any atom is 0.294 e. The lowest BCUT2D eigenvalue weighted by atomic mass is 9.95. The number of hydrogen-bond acceptors (Lipinski definition) is 6. The Morgan fingerprint density at radius 1 is 1.21 bits per heavy atom. The highest BCUT2D eigenvalue weighted by atomic mass is 32.1. The Labute approximate surface area is 170 Å². The SMILES string of the molecule is Cc1nc(C)c(C(=O)C2=C(O)C(=O)N(c3cccc(F)c3)C2c2ccncc2)s1. The summed E-state index contributed by atoms with van der Waals surface area (Å²) in [6.45, 7) is 3.48. The van der Waals surface area contributed by atoms with E-state index in [1.807, 2.05) is 0 Å². The van der Waals surface area contributed by atoms with Gasteiger partial charge in [-0.05, 0) is 49.7 Å². The second-order valence-electron chi connectivity index (χ2n) is 6.58. The minimum absolute atomic E-state index is 0.0581. The van der Waals surface area contributed by atoms with Gasteiger partial charge in [-0.1, -0.05) is 6.07 Å². The number of anilines is 1. The quantitative estimate of drug-likeness (QED) is 0.657. The third-order valence-corrected chi connectivity index (χ3v) is 5.74. The Morgan fingerprint density at radius 2 is 1.93 bits per heavy atom. The highest BCUT2D eigenvalue weighted by Gasteiger charge is 2.45. The van der Waals surface area contributed by atoms with Gasteiger partial charge in [-0.25, -0.2) is 9.37 Å². The van der Waals surface area contributed by atoms with Gasteiger partial charge in [-0.3, -0.25) is 19.5 Å². The molecule has 0 saturated heterocycles. The minimum Gasteiger partial charge on any atom is -0.503 e. The normalized spacial score (nSPS) is 16.6. The summed E-state index contributed by atoms with van der Waals surface area (Å²) in [7, 11) is 0.